The zero-order valence-corrected chi connectivity index (χ0v) is 23.3. The van der Waals surface area contributed by atoms with Gasteiger partial charge in [-0.3, -0.25) is 4.79 Å². The van der Waals surface area contributed by atoms with Gasteiger partial charge in [0.1, 0.15) is 17.6 Å². The van der Waals surface area contributed by atoms with E-state index in [1.165, 1.54) is 42.6 Å². The lowest BCUT2D eigenvalue weighted by Gasteiger charge is -2.25. The zero-order chi connectivity index (χ0) is 27.3. The number of ether oxygens (including phenoxy) is 1. The highest BCUT2D eigenvalue weighted by Crippen LogP contribution is 2.30. The van der Waals surface area contributed by atoms with Gasteiger partial charge in [-0.15, -0.1) is 11.3 Å². The van der Waals surface area contributed by atoms with Gasteiger partial charge < -0.3 is 25.0 Å². The molecule has 1 fully saturated rings. The maximum Gasteiger partial charge on any atom is 0.348 e. The highest BCUT2D eigenvalue weighted by Gasteiger charge is 2.31. The van der Waals surface area contributed by atoms with Crippen molar-refractivity contribution in [3.8, 4) is 0 Å². The van der Waals surface area contributed by atoms with Crippen LogP contribution in [0.4, 0.5) is 5.69 Å². The van der Waals surface area contributed by atoms with Crippen molar-refractivity contribution >= 4 is 28.9 Å². The van der Waals surface area contributed by atoms with Crippen LogP contribution in [0.3, 0.4) is 0 Å². The molecule has 3 rings (SSSR count). The number of aryl methyl sites for hydroxylation is 2. The first-order chi connectivity index (χ1) is 18.4. The van der Waals surface area contributed by atoms with E-state index in [-0.39, 0.29) is 31.6 Å². The lowest BCUT2D eigenvalue weighted by atomic mass is 10.0. The second-order valence-corrected chi connectivity index (χ2v) is 11.4. The predicted molar refractivity (Wildman–Crippen MR) is 151 cm³/mol. The van der Waals surface area contributed by atoms with E-state index in [0.717, 1.165) is 42.7 Å². The van der Waals surface area contributed by atoms with Gasteiger partial charge in [0, 0.05) is 29.6 Å². The molecule has 1 aromatic carbocycles. The van der Waals surface area contributed by atoms with E-state index < -0.39 is 18.2 Å². The Kier molecular flexibility index (Phi) is 12.7. The molecule has 3 N–H and O–H groups in total. The Bertz CT molecular complexity index is 991. The predicted octanol–water partition coefficient (Wildman–Crippen LogP) is 5.04. The van der Waals surface area contributed by atoms with Crippen LogP contribution in [-0.2, 0) is 22.4 Å². The van der Waals surface area contributed by atoms with E-state index in [0.29, 0.717) is 17.7 Å². The highest BCUT2D eigenvalue weighted by molar-refractivity contribution is 7.13. The lowest BCUT2D eigenvalue weighted by molar-refractivity contribution is -0.117. The fourth-order valence-corrected chi connectivity index (χ4v) is 5.86. The average molecular weight is 546 g/mol. The molecule has 0 radical (unpaired) electrons. The van der Waals surface area contributed by atoms with Crippen LogP contribution < -0.4 is 4.90 Å². The van der Waals surface area contributed by atoms with Gasteiger partial charge in [0.15, 0.2) is 0 Å². The van der Waals surface area contributed by atoms with Gasteiger partial charge >= 0.3 is 5.97 Å². The molecule has 0 unspecified atom stereocenters. The minimum absolute atomic E-state index is 0.0665. The van der Waals surface area contributed by atoms with Crippen LogP contribution in [0.2, 0.25) is 0 Å². The number of benzene rings is 1. The number of hydrogen-bond acceptors (Lipinski definition) is 7. The standard InChI is InChI=1S/C30H43NO6S/c1-2-3-4-5-8-22-12-14-24(15-13-22)31-23(16-19-29(31)35)9-6-10-25-17-18-28(38-25)30(36)37-21-27(34)26(33)11-7-20-32/h12-15,17-18,23,26-27,32-34H,2-11,16,19-21H2,1H3/t23-,26-,27-/m0/s1. The third kappa shape index (κ3) is 9.19. The SMILES string of the molecule is CCCCCCc1ccc(N2C(=O)CC[C@@H]2CCCc2ccc(C(=O)OC[C@H](O)[C@@H](O)CCCO)s2)cc1. The minimum atomic E-state index is -1.18. The summed E-state index contributed by atoms with van der Waals surface area (Å²) >= 11 is 1.37. The van der Waals surface area contributed by atoms with Crippen molar-refractivity contribution in [1.82, 2.24) is 0 Å². The Morgan fingerprint density at radius 3 is 2.55 bits per heavy atom. The summed E-state index contributed by atoms with van der Waals surface area (Å²) in [4.78, 5) is 28.5. The van der Waals surface area contributed by atoms with Gasteiger partial charge in [0.2, 0.25) is 5.91 Å². The molecular weight excluding hydrogens is 502 g/mol. The molecule has 0 bridgehead atoms. The third-order valence-corrected chi connectivity index (χ3v) is 8.29. The molecule has 1 aromatic heterocycles. The highest BCUT2D eigenvalue weighted by atomic mass is 32.1. The lowest BCUT2D eigenvalue weighted by Crippen LogP contribution is -2.32. The number of amides is 1. The molecule has 1 aliphatic heterocycles. The molecule has 2 aromatic rings. The number of carbonyl (C=O) groups is 2. The summed E-state index contributed by atoms with van der Waals surface area (Å²) in [6.07, 6.45) is 8.55. The molecule has 0 saturated carbocycles. The molecule has 2 heterocycles. The number of thiophene rings is 1. The Morgan fingerprint density at radius 1 is 1.03 bits per heavy atom. The van der Waals surface area contributed by atoms with Gasteiger partial charge in [-0.1, -0.05) is 38.3 Å². The van der Waals surface area contributed by atoms with Crippen LogP contribution in [0.25, 0.3) is 0 Å². The quantitative estimate of drug-likeness (QED) is 0.190. The number of unbranched alkanes of at least 4 members (excludes halogenated alkanes) is 3. The van der Waals surface area contributed by atoms with Crippen molar-refractivity contribution in [3.63, 3.8) is 0 Å². The first-order valence-electron chi connectivity index (χ1n) is 14.1. The zero-order valence-electron chi connectivity index (χ0n) is 22.5. The van der Waals surface area contributed by atoms with E-state index in [9.17, 15) is 19.8 Å². The van der Waals surface area contributed by atoms with Gasteiger partial charge in [-0.05, 0) is 81.2 Å². The van der Waals surface area contributed by atoms with Crippen molar-refractivity contribution in [3.05, 3.63) is 51.7 Å². The molecule has 8 heteroatoms. The summed E-state index contributed by atoms with van der Waals surface area (Å²) in [5.41, 5.74) is 2.31. The molecule has 7 nitrogen and oxygen atoms in total. The molecule has 38 heavy (non-hydrogen) atoms. The van der Waals surface area contributed by atoms with Crippen molar-refractivity contribution in [1.29, 1.82) is 0 Å². The number of nitrogens with zero attached hydrogens (tertiary/aromatic N) is 1. The van der Waals surface area contributed by atoms with E-state index in [1.807, 2.05) is 11.0 Å². The summed E-state index contributed by atoms with van der Waals surface area (Å²) < 4.78 is 5.16. The average Bonchev–Trinajstić information content (AvgIpc) is 3.55. The van der Waals surface area contributed by atoms with E-state index in [2.05, 4.69) is 31.2 Å². The molecule has 1 saturated heterocycles. The first-order valence-corrected chi connectivity index (χ1v) is 14.9. The van der Waals surface area contributed by atoms with Crippen LogP contribution >= 0.6 is 11.3 Å². The van der Waals surface area contributed by atoms with E-state index >= 15 is 0 Å². The van der Waals surface area contributed by atoms with Crippen molar-refractivity contribution < 1.29 is 29.6 Å². The van der Waals surface area contributed by atoms with Gasteiger partial charge in [0.25, 0.3) is 0 Å². The molecular formula is C30H43NO6S. The Hall–Kier alpha value is -2.26. The van der Waals surface area contributed by atoms with Gasteiger partial charge in [-0.2, -0.15) is 0 Å². The summed E-state index contributed by atoms with van der Waals surface area (Å²) in [5, 5.41) is 28.6. The second kappa shape index (κ2) is 16.0. The third-order valence-electron chi connectivity index (χ3n) is 7.17. The van der Waals surface area contributed by atoms with Crippen molar-refractivity contribution in [2.24, 2.45) is 0 Å². The maximum absolute atomic E-state index is 12.7. The van der Waals surface area contributed by atoms with E-state index in [4.69, 9.17) is 9.84 Å². The van der Waals surface area contributed by atoms with Crippen LogP contribution in [-0.4, -0.2) is 58.7 Å². The topological polar surface area (TPSA) is 107 Å². The molecule has 0 spiro atoms. The number of anilines is 1. The van der Waals surface area contributed by atoms with Crippen LogP contribution in [0.5, 0.6) is 0 Å². The van der Waals surface area contributed by atoms with Crippen LogP contribution in [0.15, 0.2) is 36.4 Å². The fraction of sp³-hybridized carbons (Fsp3) is 0.600. The monoisotopic (exact) mass is 545 g/mol. The van der Waals surface area contributed by atoms with Gasteiger partial charge in [-0.25, -0.2) is 4.79 Å². The van der Waals surface area contributed by atoms with E-state index in [1.54, 1.807) is 6.07 Å². The Labute approximate surface area is 230 Å². The number of aliphatic hydroxyl groups is 3. The molecule has 1 amide bonds. The maximum atomic E-state index is 12.7. The summed E-state index contributed by atoms with van der Waals surface area (Å²) in [7, 11) is 0. The molecule has 210 valence electrons. The van der Waals surface area contributed by atoms with Crippen LogP contribution in [0, 0.1) is 0 Å². The Balaban J connectivity index is 1.44. The second-order valence-electron chi connectivity index (χ2n) is 10.2. The summed E-state index contributed by atoms with van der Waals surface area (Å²) in [6, 6.07) is 12.3. The smallest absolute Gasteiger partial charge is 0.348 e. The van der Waals surface area contributed by atoms with Crippen molar-refractivity contribution in [2.45, 2.75) is 102 Å². The fourth-order valence-electron chi connectivity index (χ4n) is 4.92. The first kappa shape index (κ1) is 30.3. The number of esters is 1. The minimum Gasteiger partial charge on any atom is -0.459 e. The number of aliphatic hydroxyl groups excluding tert-OH is 3. The number of carbonyl (C=O) groups excluding carboxylic acids is 2. The summed E-state index contributed by atoms with van der Waals surface area (Å²) in [6.45, 7) is 1.87. The molecule has 0 aliphatic carbocycles. The largest absolute Gasteiger partial charge is 0.459 e. The van der Waals surface area contributed by atoms with Gasteiger partial charge in [0.05, 0.1) is 6.10 Å². The number of rotatable bonds is 17. The molecule has 1 aliphatic rings. The van der Waals surface area contributed by atoms with Crippen molar-refractivity contribution in [2.75, 3.05) is 18.1 Å². The molecule has 3 atom stereocenters. The Morgan fingerprint density at radius 2 is 1.82 bits per heavy atom. The van der Waals surface area contributed by atoms with Crippen LogP contribution in [0.1, 0.15) is 91.2 Å². The number of hydrogen-bond donors (Lipinski definition) is 3. The summed E-state index contributed by atoms with van der Waals surface area (Å²) in [5.74, 6) is -0.327. The normalized spacial score (nSPS) is 17.1.